The Morgan fingerprint density at radius 2 is 1.86 bits per heavy atom. The largest absolute Gasteiger partial charge is 0.361 e. The summed E-state index contributed by atoms with van der Waals surface area (Å²) in [6, 6.07) is 10.3. The second kappa shape index (κ2) is 5.33. The van der Waals surface area contributed by atoms with E-state index in [-0.39, 0.29) is 6.04 Å². The van der Waals surface area contributed by atoms with Crippen molar-refractivity contribution in [1.29, 1.82) is 0 Å². The Kier molecular flexibility index (Phi) is 3.51. The first kappa shape index (κ1) is 13.8. The first-order valence-corrected chi connectivity index (χ1v) is 7.08. The minimum Gasteiger partial charge on any atom is -0.361 e. The van der Waals surface area contributed by atoms with Gasteiger partial charge in [0.15, 0.2) is 11.5 Å². The predicted octanol–water partition coefficient (Wildman–Crippen LogP) is 3.16. The van der Waals surface area contributed by atoms with Crippen molar-refractivity contribution in [3.63, 3.8) is 0 Å². The average Bonchev–Trinajstić information content (AvgIpc) is 2.88. The van der Waals surface area contributed by atoms with Crippen LogP contribution in [0, 0.1) is 0 Å². The molecule has 2 heterocycles. The molecular weight excluding hydrogens is 286 g/mol. The summed E-state index contributed by atoms with van der Waals surface area (Å²) in [5.74, 6) is 0.776. The van der Waals surface area contributed by atoms with Crippen molar-refractivity contribution < 1.29 is 0 Å². The molecule has 6 heteroatoms. The molecule has 0 saturated heterocycles. The molecule has 0 aliphatic heterocycles. The third-order valence-corrected chi connectivity index (χ3v) is 3.78. The van der Waals surface area contributed by atoms with Crippen LogP contribution in [0.1, 0.15) is 18.5 Å². The highest BCUT2D eigenvalue weighted by Crippen LogP contribution is 2.31. The van der Waals surface area contributed by atoms with Crippen molar-refractivity contribution in [1.82, 2.24) is 19.7 Å². The van der Waals surface area contributed by atoms with Gasteiger partial charge in [-0.15, -0.1) is 0 Å². The molecule has 0 bridgehead atoms. The first-order valence-electron chi connectivity index (χ1n) is 6.70. The van der Waals surface area contributed by atoms with Crippen molar-refractivity contribution in [3.05, 3.63) is 47.4 Å². The zero-order valence-electron chi connectivity index (χ0n) is 12.2. The normalized spacial score (nSPS) is 12.6. The molecule has 0 saturated carbocycles. The lowest BCUT2D eigenvalue weighted by Gasteiger charge is -2.13. The molecule has 21 heavy (non-hydrogen) atoms. The van der Waals surface area contributed by atoms with Crippen molar-refractivity contribution in [2.75, 3.05) is 19.0 Å². The van der Waals surface area contributed by atoms with Crippen LogP contribution in [0.5, 0.6) is 0 Å². The zero-order chi connectivity index (χ0) is 15.0. The van der Waals surface area contributed by atoms with Gasteiger partial charge in [-0.25, -0.2) is 14.6 Å². The van der Waals surface area contributed by atoms with Gasteiger partial charge < -0.3 is 4.90 Å². The molecule has 5 nitrogen and oxygen atoms in total. The number of rotatable bonds is 3. The van der Waals surface area contributed by atoms with Gasteiger partial charge in [0.2, 0.25) is 0 Å². The number of benzene rings is 1. The molecule has 3 rings (SSSR count). The lowest BCUT2D eigenvalue weighted by molar-refractivity contribution is 0.578. The quantitative estimate of drug-likeness (QED) is 0.697. The average molecular weight is 302 g/mol. The summed E-state index contributed by atoms with van der Waals surface area (Å²) in [6.07, 6.45) is 1.47. The number of hydrogen-bond donors (Lipinski definition) is 0. The van der Waals surface area contributed by atoms with E-state index in [1.165, 1.54) is 11.9 Å². The molecule has 2 aromatic heterocycles. The van der Waals surface area contributed by atoms with Crippen LogP contribution in [0.2, 0.25) is 5.15 Å². The van der Waals surface area contributed by atoms with Crippen LogP contribution < -0.4 is 4.90 Å². The smallest absolute Gasteiger partial charge is 0.165 e. The summed E-state index contributed by atoms with van der Waals surface area (Å²) in [5, 5.41) is 5.89. The van der Waals surface area contributed by atoms with Crippen molar-refractivity contribution in [3.8, 4) is 0 Å². The summed E-state index contributed by atoms with van der Waals surface area (Å²) in [6.45, 7) is 2.09. The van der Waals surface area contributed by atoms with Gasteiger partial charge in [0.05, 0.1) is 6.04 Å². The molecule has 1 unspecified atom stereocenters. The summed E-state index contributed by atoms with van der Waals surface area (Å²) in [5.41, 5.74) is 1.91. The molecular formula is C15H16ClN5. The van der Waals surface area contributed by atoms with Crippen LogP contribution in [-0.2, 0) is 0 Å². The number of hydrogen-bond acceptors (Lipinski definition) is 4. The van der Waals surface area contributed by atoms with Crippen molar-refractivity contribution in [2.24, 2.45) is 0 Å². The van der Waals surface area contributed by atoms with Crippen molar-refractivity contribution >= 4 is 28.5 Å². The van der Waals surface area contributed by atoms with Crippen LogP contribution in [0.25, 0.3) is 11.0 Å². The van der Waals surface area contributed by atoms with E-state index < -0.39 is 0 Å². The standard InChI is InChI=1S/C15H16ClN5/c1-10(11-7-5-4-6-8-11)21-14-12(13(16)17-9-18-14)15(19-21)20(2)3/h4-10H,1-3H3. The van der Waals surface area contributed by atoms with E-state index in [2.05, 4.69) is 34.1 Å². The van der Waals surface area contributed by atoms with E-state index in [1.807, 2.05) is 41.9 Å². The predicted molar refractivity (Wildman–Crippen MR) is 84.9 cm³/mol. The fourth-order valence-electron chi connectivity index (χ4n) is 2.38. The lowest BCUT2D eigenvalue weighted by Crippen LogP contribution is -2.12. The minimum absolute atomic E-state index is 0.0633. The number of fused-ring (bicyclic) bond motifs is 1. The lowest BCUT2D eigenvalue weighted by atomic mass is 10.1. The van der Waals surface area contributed by atoms with E-state index >= 15 is 0 Å². The Hall–Kier alpha value is -2.14. The molecule has 108 valence electrons. The third-order valence-electron chi connectivity index (χ3n) is 3.50. The van der Waals surface area contributed by atoms with Gasteiger partial charge in [0.25, 0.3) is 0 Å². The molecule has 0 aliphatic rings. The Balaban J connectivity index is 2.22. The maximum absolute atomic E-state index is 6.24. The maximum Gasteiger partial charge on any atom is 0.165 e. The molecule has 0 aliphatic carbocycles. The highest BCUT2D eigenvalue weighted by Gasteiger charge is 2.20. The third kappa shape index (κ3) is 2.34. The van der Waals surface area contributed by atoms with Crippen LogP contribution in [0.3, 0.4) is 0 Å². The van der Waals surface area contributed by atoms with E-state index in [4.69, 9.17) is 11.6 Å². The number of anilines is 1. The molecule has 0 radical (unpaired) electrons. The Morgan fingerprint density at radius 1 is 1.14 bits per heavy atom. The second-order valence-electron chi connectivity index (χ2n) is 5.11. The molecule has 1 atom stereocenters. The molecule has 0 amide bonds. The van der Waals surface area contributed by atoms with Crippen molar-refractivity contribution in [2.45, 2.75) is 13.0 Å². The Morgan fingerprint density at radius 3 is 2.52 bits per heavy atom. The van der Waals surface area contributed by atoms with Gasteiger partial charge in [-0.2, -0.15) is 5.10 Å². The molecule has 1 aromatic carbocycles. The summed E-state index contributed by atoms with van der Waals surface area (Å²) in [7, 11) is 3.87. The zero-order valence-corrected chi connectivity index (χ0v) is 12.9. The van der Waals surface area contributed by atoms with Gasteiger partial charge in [-0.05, 0) is 12.5 Å². The molecule has 0 fully saturated rings. The maximum atomic E-state index is 6.24. The van der Waals surface area contributed by atoms with Crippen LogP contribution >= 0.6 is 11.6 Å². The summed E-state index contributed by atoms with van der Waals surface area (Å²) < 4.78 is 1.90. The number of nitrogens with zero attached hydrogens (tertiary/aromatic N) is 5. The molecule has 0 spiro atoms. The van der Waals surface area contributed by atoms with Gasteiger partial charge in [0.1, 0.15) is 16.9 Å². The monoisotopic (exact) mass is 301 g/mol. The topological polar surface area (TPSA) is 46.8 Å². The Labute approximate surface area is 128 Å². The highest BCUT2D eigenvalue weighted by atomic mass is 35.5. The van der Waals surface area contributed by atoms with E-state index in [0.717, 1.165) is 16.9 Å². The highest BCUT2D eigenvalue weighted by molar-refractivity contribution is 6.34. The SMILES string of the molecule is CC(c1ccccc1)n1nc(N(C)C)c2c(Cl)ncnc21. The number of aromatic nitrogens is 4. The van der Waals surface area contributed by atoms with Crippen LogP contribution in [0.15, 0.2) is 36.7 Å². The minimum atomic E-state index is 0.0633. The van der Waals surface area contributed by atoms with E-state index in [0.29, 0.717) is 5.15 Å². The van der Waals surface area contributed by atoms with E-state index in [9.17, 15) is 0 Å². The molecule has 3 aromatic rings. The number of halogens is 1. The second-order valence-corrected chi connectivity index (χ2v) is 5.47. The van der Waals surface area contributed by atoms with Gasteiger partial charge in [-0.3, -0.25) is 0 Å². The van der Waals surface area contributed by atoms with Crippen LogP contribution in [-0.4, -0.2) is 33.8 Å². The van der Waals surface area contributed by atoms with E-state index in [1.54, 1.807) is 0 Å². The fourth-order valence-corrected chi connectivity index (χ4v) is 2.59. The van der Waals surface area contributed by atoms with Crippen LogP contribution in [0.4, 0.5) is 5.82 Å². The van der Waals surface area contributed by atoms with Gasteiger partial charge >= 0.3 is 0 Å². The summed E-state index contributed by atoms with van der Waals surface area (Å²) in [4.78, 5) is 10.4. The molecule has 0 N–H and O–H groups in total. The summed E-state index contributed by atoms with van der Waals surface area (Å²) >= 11 is 6.24. The Bertz CT molecular complexity index is 766. The fraction of sp³-hybridized carbons (Fsp3) is 0.267. The van der Waals surface area contributed by atoms with Gasteiger partial charge in [0, 0.05) is 14.1 Å². The first-order chi connectivity index (χ1) is 10.1. The van der Waals surface area contributed by atoms with Gasteiger partial charge in [-0.1, -0.05) is 41.9 Å².